The summed E-state index contributed by atoms with van der Waals surface area (Å²) >= 11 is 1.18. The van der Waals surface area contributed by atoms with Gasteiger partial charge in [0.15, 0.2) is 6.10 Å². The van der Waals surface area contributed by atoms with Gasteiger partial charge in [-0.15, -0.1) is 16.4 Å². The van der Waals surface area contributed by atoms with Crippen LogP contribution in [0.15, 0.2) is 35.8 Å². The molecule has 1 fully saturated rings. The van der Waals surface area contributed by atoms with Crippen LogP contribution in [0.2, 0.25) is 0 Å². The number of nitrogens with one attached hydrogen (secondary N) is 3. The minimum absolute atomic E-state index is 0.104. The van der Waals surface area contributed by atoms with Crippen LogP contribution in [0.5, 0.6) is 0 Å². The Hall–Kier alpha value is -4.94. The zero-order valence-electron chi connectivity index (χ0n) is 41.3. The van der Waals surface area contributed by atoms with Crippen molar-refractivity contribution >= 4 is 46.7 Å². The lowest BCUT2D eigenvalue weighted by Gasteiger charge is -2.40. The average molecular weight is 952 g/mol. The first-order valence-electron chi connectivity index (χ1n) is 24.1. The molecule has 67 heavy (non-hydrogen) atoms. The maximum atomic E-state index is 15.2. The molecule has 0 spiro atoms. The number of carbonyl (C=O) groups excluding carboxylic acids is 4. The highest BCUT2D eigenvalue weighted by Gasteiger charge is 2.39. The fourth-order valence-corrected chi connectivity index (χ4v) is 9.48. The molecule has 0 aliphatic carbocycles. The van der Waals surface area contributed by atoms with E-state index in [1.54, 1.807) is 23.9 Å². The average Bonchev–Trinajstić information content (AvgIpc) is 3.97. The van der Waals surface area contributed by atoms with Gasteiger partial charge in [0.25, 0.3) is 5.91 Å². The maximum Gasteiger partial charge on any atom is 0.309 e. The van der Waals surface area contributed by atoms with Crippen LogP contribution in [0.3, 0.4) is 0 Å². The molecule has 1 aliphatic heterocycles. The van der Waals surface area contributed by atoms with E-state index in [9.17, 15) is 29.4 Å². The SMILES string of the molecule is CC[C@H](C)[C@H](NC(=O)[C@H]1CCCCN1C)C(=O)N(CCCCc1cn(CCCCO)nn1)[C@H](C[C@@H](OC(C)=O)c1nc(C(=O)N[C@@H](Cc2ccc(NC)cc2)CC(C)(C)C(=O)O)cs1)C(C)C. The van der Waals surface area contributed by atoms with Crippen molar-refractivity contribution in [2.24, 2.45) is 17.3 Å². The summed E-state index contributed by atoms with van der Waals surface area (Å²) in [6, 6.07) is 5.59. The fourth-order valence-electron chi connectivity index (χ4n) is 8.64. The molecule has 0 saturated carbocycles. The Kier molecular flexibility index (Phi) is 21.7. The Bertz CT molecular complexity index is 2040. The minimum Gasteiger partial charge on any atom is -0.481 e. The van der Waals surface area contributed by atoms with Crippen molar-refractivity contribution < 1.29 is 38.9 Å². The number of benzene rings is 1. The number of hydrogen-bond donors (Lipinski definition) is 5. The van der Waals surface area contributed by atoms with Crippen LogP contribution >= 0.6 is 11.3 Å². The number of esters is 1. The molecule has 4 rings (SSSR count). The Morgan fingerprint density at radius 1 is 1.03 bits per heavy atom. The van der Waals surface area contributed by atoms with Crippen molar-refractivity contribution in [2.75, 3.05) is 39.1 Å². The molecule has 18 heteroatoms. The molecule has 1 aliphatic rings. The predicted octanol–water partition coefficient (Wildman–Crippen LogP) is 6.28. The van der Waals surface area contributed by atoms with Crippen molar-refractivity contribution in [3.05, 3.63) is 57.8 Å². The number of carbonyl (C=O) groups is 5. The van der Waals surface area contributed by atoms with Crippen LogP contribution < -0.4 is 16.0 Å². The summed E-state index contributed by atoms with van der Waals surface area (Å²) in [5, 5.41) is 39.0. The van der Waals surface area contributed by atoms with Gasteiger partial charge in [0.2, 0.25) is 11.8 Å². The van der Waals surface area contributed by atoms with Gasteiger partial charge in [0.1, 0.15) is 16.7 Å². The third-order valence-electron chi connectivity index (χ3n) is 13.0. The first-order chi connectivity index (χ1) is 31.9. The van der Waals surface area contributed by atoms with Gasteiger partial charge in [-0.1, -0.05) is 57.9 Å². The second-order valence-corrected chi connectivity index (χ2v) is 20.1. The second-order valence-electron chi connectivity index (χ2n) is 19.2. The van der Waals surface area contributed by atoms with Gasteiger partial charge in [-0.3, -0.25) is 33.6 Å². The van der Waals surface area contributed by atoms with Gasteiger partial charge in [0, 0.05) is 69.4 Å². The summed E-state index contributed by atoms with van der Waals surface area (Å²) in [7, 11) is 3.77. The Morgan fingerprint density at radius 2 is 1.76 bits per heavy atom. The summed E-state index contributed by atoms with van der Waals surface area (Å²) in [6.45, 7) is 14.6. The minimum atomic E-state index is -1.13. The number of aromatic nitrogens is 4. The second kappa shape index (κ2) is 26.6. The van der Waals surface area contributed by atoms with Crippen LogP contribution in [0.25, 0.3) is 0 Å². The number of ether oxygens (including phenoxy) is 1. The van der Waals surface area contributed by atoms with Crippen LogP contribution in [0, 0.1) is 17.3 Å². The lowest BCUT2D eigenvalue weighted by Crippen LogP contribution is -2.59. The van der Waals surface area contributed by atoms with E-state index in [0.717, 1.165) is 49.2 Å². The van der Waals surface area contributed by atoms with E-state index >= 15 is 4.79 Å². The number of piperidine rings is 1. The normalized spacial score (nSPS) is 16.7. The van der Waals surface area contributed by atoms with Crippen LogP contribution in [0.4, 0.5) is 5.69 Å². The zero-order chi connectivity index (χ0) is 49.3. The Morgan fingerprint density at radius 3 is 2.39 bits per heavy atom. The van der Waals surface area contributed by atoms with E-state index in [1.807, 2.05) is 77.2 Å². The van der Waals surface area contributed by atoms with Crippen LogP contribution in [-0.4, -0.2) is 128 Å². The number of aryl methyl sites for hydroxylation is 2. The molecule has 0 unspecified atom stereocenters. The monoisotopic (exact) mass is 952 g/mol. The van der Waals surface area contributed by atoms with E-state index in [0.29, 0.717) is 56.6 Å². The highest BCUT2D eigenvalue weighted by molar-refractivity contribution is 7.09. The standard InChI is InChI=1S/C49H77N9O8S/c1-10-33(4)43(53-45(62)40-18-12-13-23-56(40)9)47(63)58(25-14-11-17-37-30-57(55-54-37)24-15-16-26-59)41(32(2)3)28-42(66-34(5)60)46-52-39(31-67-46)44(61)51-38(29-49(6,7)48(64)65)27-35-19-21-36(50-8)22-20-35/h19-22,30-33,38,40-43,50,59H,10-18,23-29H2,1-9H3,(H,51,61)(H,53,62)(H,64,65)/t33-,38-,40+,41+,42+,43-/m0/s1. The molecule has 17 nitrogen and oxygen atoms in total. The van der Waals surface area contributed by atoms with E-state index < -0.39 is 47.5 Å². The van der Waals surface area contributed by atoms with Gasteiger partial charge >= 0.3 is 11.9 Å². The molecule has 372 valence electrons. The topological polar surface area (TPSA) is 221 Å². The number of hydrogen-bond acceptors (Lipinski definition) is 13. The molecule has 2 aromatic heterocycles. The Labute approximate surface area is 401 Å². The number of likely N-dealkylation sites (N-methyl/N-ethyl adjacent to an activating group) is 1. The van der Waals surface area contributed by atoms with Gasteiger partial charge in [-0.25, -0.2) is 4.98 Å². The van der Waals surface area contributed by atoms with E-state index in [1.165, 1.54) is 18.3 Å². The van der Waals surface area contributed by atoms with Crippen molar-refractivity contribution in [2.45, 2.75) is 162 Å². The van der Waals surface area contributed by atoms with Crippen molar-refractivity contribution in [3.63, 3.8) is 0 Å². The number of aliphatic hydroxyl groups excluding tert-OH is 1. The van der Waals surface area contributed by atoms with Crippen molar-refractivity contribution in [1.29, 1.82) is 0 Å². The molecule has 1 saturated heterocycles. The number of carboxylic acid groups (broad SMARTS) is 1. The van der Waals surface area contributed by atoms with Gasteiger partial charge < -0.3 is 35.8 Å². The Balaban J connectivity index is 1.62. The number of rotatable bonds is 28. The summed E-state index contributed by atoms with van der Waals surface area (Å²) in [5.41, 5.74) is 1.66. The molecular formula is C49H77N9O8S. The quantitative estimate of drug-likeness (QED) is 0.0400. The highest BCUT2D eigenvalue weighted by Crippen LogP contribution is 2.33. The first kappa shape index (κ1) is 54.7. The summed E-state index contributed by atoms with van der Waals surface area (Å²) in [5.74, 6) is -2.67. The molecule has 5 N–H and O–H groups in total. The number of carboxylic acids is 1. The molecule has 6 atom stereocenters. The summed E-state index contributed by atoms with van der Waals surface area (Å²) in [6.07, 6.45) is 8.53. The number of unbranched alkanes of at least 4 members (excludes halogenated alkanes) is 2. The summed E-state index contributed by atoms with van der Waals surface area (Å²) < 4.78 is 7.76. The third-order valence-corrected chi connectivity index (χ3v) is 13.9. The third kappa shape index (κ3) is 16.7. The van der Waals surface area contributed by atoms with E-state index in [-0.39, 0.29) is 54.8 Å². The van der Waals surface area contributed by atoms with Gasteiger partial charge in [-0.2, -0.15) is 0 Å². The molecule has 1 aromatic carbocycles. The van der Waals surface area contributed by atoms with Crippen LogP contribution in [0.1, 0.15) is 146 Å². The molecule has 0 bridgehead atoms. The predicted molar refractivity (Wildman–Crippen MR) is 259 cm³/mol. The molecule has 3 amide bonds. The van der Waals surface area contributed by atoms with Crippen molar-refractivity contribution in [1.82, 2.24) is 40.4 Å². The molecule has 3 heterocycles. The lowest BCUT2D eigenvalue weighted by molar-refractivity contribution is -0.150. The number of nitrogens with zero attached hydrogens (tertiary/aromatic N) is 6. The van der Waals surface area contributed by atoms with Crippen LogP contribution in [-0.2, 0) is 43.3 Å². The number of thiazole rings is 1. The van der Waals surface area contributed by atoms with Gasteiger partial charge in [-0.05, 0) is 115 Å². The number of aliphatic hydroxyl groups is 1. The number of amides is 3. The molecule has 0 radical (unpaired) electrons. The maximum absolute atomic E-state index is 15.2. The smallest absolute Gasteiger partial charge is 0.309 e. The number of likely N-dealkylation sites (tertiary alicyclic amines) is 1. The fraction of sp³-hybridized carbons (Fsp3) is 0.673. The zero-order valence-corrected chi connectivity index (χ0v) is 42.1. The van der Waals surface area contributed by atoms with Crippen molar-refractivity contribution in [3.8, 4) is 0 Å². The largest absolute Gasteiger partial charge is 0.481 e. The number of anilines is 1. The lowest BCUT2D eigenvalue weighted by atomic mass is 9.84. The highest BCUT2D eigenvalue weighted by atomic mass is 32.1. The molecule has 3 aromatic rings. The molecular weight excluding hydrogens is 875 g/mol. The first-order valence-corrected chi connectivity index (χ1v) is 25.0. The van der Waals surface area contributed by atoms with Gasteiger partial charge in [0.05, 0.1) is 17.2 Å². The number of aliphatic carboxylic acids is 1. The summed E-state index contributed by atoms with van der Waals surface area (Å²) in [4.78, 5) is 76.6. The van der Waals surface area contributed by atoms with E-state index in [2.05, 4.69) is 31.2 Å². The van der Waals surface area contributed by atoms with E-state index in [4.69, 9.17) is 9.72 Å².